The number of nitrogens with one attached hydrogen (secondary N) is 1. The molecule has 0 aliphatic carbocycles. The van der Waals surface area contributed by atoms with Crippen LogP contribution < -0.4 is 5.32 Å². The highest BCUT2D eigenvalue weighted by atomic mass is 32.2. The zero-order valence-corrected chi connectivity index (χ0v) is 14.4. The van der Waals surface area contributed by atoms with Crippen LogP contribution in [0.3, 0.4) is 0 Å². The molecule has 1 amide bonds. The molecule has 0 aliphatic heterocycles. The van der Waals surface area contributed by atoms with Gasteiger partial charge in [0.05, 0.1) is 17.5 Å². The van der Waals surface area contributed by atoms with Crippen LogP contribution in [0.2, 0.25) is 0 Å². The largest absolute Gasteiger partial charge is 0.348 e. The van der Waals surface area contributed by atoms with Gasteiger partial charge in [0.2, 0.25) is 11.1 Å². The molecule has 3 aromatic rings. The maximum absolute atomic E-state index is 13.3. The van der Waals surface area contributed by atoms with Crippen molar-refractivity contribution in [2.24, 2.45) is 0 Å². The number of nitrogens with zero attached hydrogens (tertiary/aromatic N) is 4. The predicted molar refractivity (Wildman–Crippen MR) is 90.7 cm³/mol. The second-order valence-corrected chi connectivity index (χ2v) is 6.87. The first-order valence-corrected chi connectivity index (χ1v) is 9.00. The van der Waals surface area contributed by atoms with Crippen LogP contribution in [-0.2, 0) is 4.79 Å². The first-order chi connectivity index (χ1) is 11.6. The maximum Gasteiger partial charge on any atom is 0.230 e. The highest BCUT2D eigenvalue weighted by Gasteiger charge is 2.14. The molecule has 0 spiro atoms. The fourth-order valence-electron chi connectivity index (χ4n) is 2.06. The lowest BCUT2D eigenvalue weighted by Gasteiger charge is -2.11. The summed E-state index contributed by atoms with van der Waals surface area (Å²) in [7, 11) is 0. The average Bonchev–Trinajstić information content (AvgIpc) is 3.24. The second-order valence-electron chi connectivity index (χ2n) is 4.95. The summed E-state index contributed by atoms with van der Waals surface area (Å²) in [6.07, 6.45) is 0. The van der Waals surface area contributed by atoms with Gasteiger partial charge in [-0.25, -0.2) is 4.39 Å². The summed E-state index contributed by atoms with van der Waals surface area (Å²) >= 11 is 2.79. The minimum Gasteiger partial charge on any atom is -0.348 e. The van der Waals surface area contributed by atoms with E-state index < -0.39 is 0 Å². The van der Waals surface area contributed by atoms with Crippen molar-refractivity contribution in [3.8, 4) is 5.69 Å². The summed E-state index contributed by atoms with van der Waals surface area (Å²) in [6.45, 7) is 1.94. The third kappa shape index (κ3) is 3.98. The van der Waals surface area contributed by atoms with Crippen molar-refractivity contribution in [2.75, 3.05) is 5.75 Å². The lowest BCUT2D eigenvalue weighted by Crippen LogP contribution is -2.27. The summed E-state index contributed by atoms with van der Waals surface area (Å²) < 4.78 is 14.7. The number of halogens is 1. The number of rotatable bonds is 6. The number of tetrazole rings is 1. The number of hydrogen-bond donors (Lipinski definition) is 1. The van der Waals surface area contributed by atoms with Gasteiger partial charge < -0.3 is 5.32 Å². The predicted octanol–water partition coefficient (Wildman–Crippen LogP) is 2.83. The molecular weight excluding hydrogens is 349 g/mol. The molecule has 0 saturated carbocycles. The minimum atomic E-state index is -0.374. The van der Waals surface area contributed by atoms with Crippen LogP contribution in [0.25, 0.3) is 5.69 Å². The zero-order chi connectivity index (χ0) is 16.9. The van der Waals surface area contributed by atoms with Gasteiger partial charge in [-0.3, -0.25) is 4.79 Å². The van der Waals surface area contributed by atoms with Gasteiger partial charge in [0.15, 0.2) is 0 Å². The normalized spacial score (nSPS) is 12.1. The molecule has 0 saturated heterocycles. The number of benzene rings is 1. The molecule has 2 heterocycles. The first-order valence-electron chi connectivity index (χ1n) is 7.13. The molecule has 124 valence electrons. The number of carbonyl (C=O) groups is 1. The van der Waals surface area contributed by atoms with Crippen LogP contribution in [0.1, 0.15) is 17.8 Å². The maximum atomic E-state index is 13.3. The molecule has 0 aliphatic rings. The Hall–Kier alpha value is -2.26. The summed E-state index contributed by atoms with van der Waals surface area (Å²) in [5.41, 5.74) is 0.509. The van der Waals surface area contributed by atoms with Crippen molar-refractivity contribution >= 4 is 29.0 Å². The van der Waals surface area contributed by atoms with E-state index in [4.69, 9.17) is 0 Å². The van der Waals surface area contributed by atoms with Crippen molar-refractivity contribution in [1.82, 2.24) is 25.5 Å². The molecule has 6 nitrogen and oxygen atoms in total. The molecule has 9 heteroatoms. The van der Waals surface area contributed by atoms with E-state index in [1.807, 2.05) is 24.4 Å². The Balaban J connectivity index is 1.61. The Morgan fingerprint density at radius 2 is 2.29 bits per heavy atom. The quantitative estimate of drug-likeness (QED) is 0.682. The Bertz CT molecular complexity index is 821. The molecule has 1 unspecified atom stereocenters. The number of carbonyl (C=O) groups excluding carboxylic acids is 1. The van der Waals surface area contributed by atoms with Crippen LogP contribution in [0.15, 0.2) is 46.9 Å². The monoisotopic (exact) mass is 363 g/mol. The summed E-state index contributed by atoms with van der Waals surface area (Å²) in [5.74, 6) is -0.318. The van der Waals surface area contributed by atoms with Gasteiger partial charge in [-0.15, -0.1) is 16.4 Å². The van der Waals surface area contributed by atoms with Crippen LogP contribution in [-0.4, -0.2) is 31.9 Å². The highest BCUT2D eigenvalue weighted by molar-refractivity contribution is 7.99. The molecule has 0 radical (unpaired) electrons. The van der Waals surface area contributed by atoms with E-state index in [-0.39, 0.29) is 23.5 Å². The summed E-state index contributed by atoms with van der Waals surface area (Å²) in [6, 6.07) is 9.84. The van der Waals surface area contributed by atoms with Gasteiger partial charge in [0.25, 0.3) is 0 Å². The van der Waals surface area contributed by atoms with Gasteiger partial charge >= 0.3 is 0 Å². The molecule has 1 N–H and O–H groups in total. The number of amides is 1. The Morgan fingerprint density at radius 3 is 3.04 bits per heavy atom. The van der Waals surface area contributed by atoms with E-state index in [9.17, 15) is 9.18 Å². The molecule has 0 fully saturated rings. The minimum absolute atomic E-state index is 0.0442. The number of aromatic nitrogens is 4. The highest BCUT2D eigenvalue weighted by Crippen LogP contribution is 2.20. The van der Waals surface area contributed by atoms with Crippen molar-refractivity contribution in [1.29, 1.82) is 0 Å². The number of hydrogen-bond acceptors (Lipinski definition) is 6. The Morgan fingerprint density at radius 1 is 1.42 bits per heavy atom. The van der Waals surface area contributed by atoms with E-state index in [0.29, 0.717) is 10.8 Å². The smallest absolute Gasteiger partial charge is 0.230 e. The lowest BCUT2D eigenvalue weighted by atomic mass is 10.3. The molecule has 0 bridgehead atoms. The molecule has 1 atom stereocenters. The number of thiophene rings is 1. The van der Waals surface area contributed by atoms with Crippen LogP contribution in [0, 0.1) is 5.82 Å². The fourth-order valence-corrected chi connectivity index (χ4v) is 3.50. The standard InChI is InChI=1S/C15H14FN5OS2/c1-10(13-6-3-7-23-13)17-14(22)9-24-15-18-19-20-21(15)12-5-2-4-11(16)8-12/h2-8,10H,9H2,1H3,(H,17,22). The third-order valence-corrected chi connectivity index (χ3v) is 5.15. The van der Waals surface area contributed by atoms with E-state index in [2.05, 4.69) is 20.8 Å². The van der Waals surface area contributed by atoms with Gasteiger partial charge in [-0.05, 0) is 47.0 Å². The van der Waals surface area contributed by atoms with Gasteiger partial charge in [0.1, 0.15) is 5.82 Å². The molecule has 2 aromatic heterocycles. The van der Waals surface area contributed by atoms with Crippen LogP contribution in [0.5, 0.6) is 0 Å². The SMILES string of the molecule is CC(NC(=O)CSc1nnnn1-c1cccc(F)c1)c1cccs1. The van der Waals surface area contributed by atoms with Crippen molar-refractivity contribution in [3.05, 3.63) is 52.5 Å². The average molecular weight is 363 g/mol. The Kier molecular flexibility index (Phi) is 5.21. The van der Waals surface area contributed by atoms with Gasteiger partial charge in [0, 0.05) is 4.88 Å². The topological polar surface area (TPSA) is 72.7 Å². The third-order valence-electron chi connectivity index (χ3n) is 3.17. The van der Waals surface area contributed by atoms with Crippen molar-refractivity contribution < 1.29 is 9.18 Å². The van der Waals surface area contributed by atoms with E-state index in [0.717, 1.165) is 4.88 Å². The van der Waals surface area contributed by atoms with Crippen molar-refractivity contribution in [3.63, 3.8) is 0 Å². The van der Waals surface area contributed by atoms with Crippen molar-refractivity contribution in [2.45, 2.75) is 18.1 Å². The lowest BCUT2D eigenvalue weighted by molar-refractivity contribution is -0.119. The second kappa shape index (κ2) is 7.54. The molecular formula is C15H14FN5OS2. The summed E-state index contributed by atoms with van der Waals surface area (Å²) in [5, 5.41) is 16.7. The Labute approximate surface area is 146 Å². The zero-order valence-electron chi connectivity index (χ0n) is 12.7. The molecule has 1 aromatic carbocycles. The van der Waals surface area contributed by atoms with Gasteiger partial charge in [-0.2, -0.15) is 4.68 Å². The fraction of sp³-hybridized carbons (Fsp3) is 0.200. The van der Waals surface area contributed by atoms with E-state index in [1.54, 1.807) is 23.5 Å². The number of thioether (sulfide) groups is 1. The first kappa shape index (κ1) is 16.6. The van der Waals surface area contributed by atoms with E-state index in [1.165, 1.54) is 28.6 Å². The van der Waals surface area contributed by atoms with Crippen LogP contribution in [0.4, 0.5) is 4.39 Å². The molecule has 3 rings (SSSR count). The van der Waals surface area contributed by atoms with Gasteiger partial charge in [-0.1, -0.05) is 23.9 Å². The molecule has 24 heavy (non-hydrogen) atoms. The van der Waals surface area contributed by atoms with Crippen LogP contribution >= 0.6 is 23.1 Å². The van der Waals surface area contributed by atoms with E-state index >= 15 is 0 Å². The summed E-state index contributed by atoms with van der Waals surface area (Å²) in [4.78, 5) is 13.2.